The number of amides is 4. The molecule has 4 aromatic rings. The minimum atomic E-state index is -0.690. The highest BCUT2D eigenvalue weighted by Crippen LogP contribution is 2.34. The summed E-state index contributed by atoms with van der Waals surface area (Å²) in [5.41, 5.74) is 3.79. The number of benzene rings is 4. The number of carbonyl (C=O) groups excluding carboxylic acids is 4. The number of carbonyl (C=O) groups is 4. The fourth-order valence-electron chi connectivity index (χ4n) is 7.95. The molecule has 0 aliphatic carbocycles. The third-order valence-corrected chi connectivity index (χ3v) is 13.3. The molecule has 4 rings (SSSR count). The Morgan fingerprint density at radius 2 is 0.815 bits per heavy atom. The van der Waals surface area contributed by atoms with Gasteiger partial charge in [0.1, 0.15) is 50.1 Å². The van der Waals surface area contributed by atoms with Gasteiger partial charge >= 0.3 is 24.4 Å². The Hall–Kier alpha value is -7.64. The van der Waals surface area contributed by atoms with Crippen LogP contribution in [-0.2, 0) is 43.3 Å². The molecule has 0 saturated carbocycles. The highest BCUT2D eigenvalue weighted by Gasteiger charge is 2.33. The summed E-state index contributed by atoms with van der Waals surface area (Å²) in [5.74, 6) is 1.21. The van der Waals surface area contributed by atoms with Crippen LogP contribution in [0.4, 0.5) is 41.9 Å². The fraction of sp³-hybridized carbons (Fsp3) is 0.429. The molecule has 18 nitrogen and oxygen atoms in total. The standard InChI is InChI=1S/C63H84N4O14/c1-13-31-72-39-62(17-5,40-73-32-14-2)43-78-57(68)66-55-35-51(25-19-45(55)7)64-59(70)80-47(9)37-76-53-27-21-49(22-28-53)61(11,12)50-23-29-54(30-24-50)77-38-48(10)81-60(71)65-52-26-20-46(8)56(36-52)67-58(69)79-44-63(18-6,41-74-33-15-3)42-75-34-16-4/h13-16,19-30,35-36,47-48H,1-4,17-18,31-34,37-44H2,5-12H3,(H,64,70)(H,65,71)(H,66,68)(H,67,69). The zero-order chi connectivity index (χ0) is 59.3. The average molecular weight is 1120 g/mol. The van der Waals surface area contributed by atoms with Gasteiger partial charge < -0.3 is 47.4 Å². The SMILES string of the molecule is C=CCOCC(CC)(COCC=C)COC(=O)Nc1cc(NC(=O)OC(C)COc2ccc(C(C)(C)c3ccc(OCC(C)OC(=O)Nc4ccc(C)c(NC(=O)OCC(CC)(COCC=C)COCC=C)c4)cc3)cc2)ccc1C. The molecule has 81 heavy (non-hydrogen) atoms. The van der Waals surface area contributed by atoms with Gasteiger partial charge in [-0.05, 0) is 111 Å². The largest absolute Gasteiger partial charge is 0.490 e. The van der Waals surface area contributed by atoms with E-state index >= 15 is 0 Å². The maximum Gasteiger partial charge on any atom is 0.412 e. The number of hydrogen-bond donors (Lipinski definition) is 4. The van der Waals surface area contributed by atoms with Gasteiger partial charge in [0, 0.05) is 28.2 Å². The van der Waals surface area contributed by atoms with Gasteiger partial charge in [0.15, 0.2) is 0 Å². The lowest BCUT2D eigenvalue weighted by Gasteiger charge is -2.31. The second-order valence-electron chi connectivity index (χ2n) is 20.4. The van der Waals surface area contributed by atoms with Crippen molar-refractivity contribution in [3.63, 3.8) is 0 Å². The highest BCUT2D eigenvalue weighted by atomic mass is 16.6. The molecule has 0 saturated heterocycles. The van der Waals surface area contributed by atoms with Crippen LogP contribution in [0.5, 0.6) is 11.5 Å². The highest BCUT2D eigenvalue weighted by molar-refractivity contribution is 5.91. The molecular weight excluding hydrogens is 1040 g/mol. The molecule has 2 unspecified atom stereocenters. The Morgan fingerprint density at radius 3 is 1.12 bits per heavy atom. The van der Waals surface area contributed by atoms with Crippen LogP contribution < -0.4 is 30.7 Å². The van der Waals surface area contributed by atoms with Gasteiger partial charge in [0.2, 0.25) is 0 Å². The van der Waals surface area contributed by atoms with E-state index < -0.39 is 47.4 Å². The molecule has 0 spiro atoms. The van der Waals surface area contributed by atoms with Gasteiger partial charge in [-0.1, -0.05) is 88.4 Å². The number of nitrogens with one attached hydrogen (secondary N) is 4. The van der Waals surface area contributed by atoms with Crippen LogP contribution in [0.25, 0.3) is 0 Å². The molecule has 18 heteroatoms. The van der Waals surface area contributed by atoms with Crippen molar-refractivity contribution in [2.24, 2.45) is 10.8 Å². The van der Waals surface area contributed by atoms with Crippen LogP contribution in [0.3, 0.4) is 0 Å². The summed E-state index contributed by atoms with van der Waals surface area (Å²) in [4.78, 5) is 51.8. The van der Waals surface area contributed by atoms with Crippen molar-refractivity contribution in [3.8, 4) is 11.5 Å². The topological polar surface area (TPSA) is 209 Å². The summed E-state index contributed by atoms with van der Waals surface area (Å²) < 4.78 is 57.3. The smallest absolute Gasteiger partial charge is 0.412 e. The van der Waals surface area contributed by atoms with Gasteiger partial charge in [-0.3, -0.25) is 21.3 Å². The van der Waals surface area contributed by atoms with Crippen LogP contribution >= 0.6 is 0 Å². The molecule has 0 heterocycles. The monoisotopic (exact) mass is 1120 g/mol. The summed E-state index contributed by atoms with van der Waals surface area (Å²) in [6.07, 6.45) is 3.99. The second-order valence-corrected chi connectivity index (χ2v) is 20.4. The van der Waals surface area contributed by atoms with Crippen LogP contribution in [0.2, 0.25) is 0 Å². The Morgan fingerprint density at radius 1 is 0.481 bits per heavy atom. The van der Waals surface area contributed by atoms with Crippen molar-refractivity contribution in [1.82, 2.24) is 0 Å². The van der Waals surface area contributed by atoms with Crippen molar-refractivity contribution in [1.29, 1.82) is 0 Å². The molecule has 0 aliphatic heterocycles. The molecular formula is C63H84N4O14. The van der Waals surface area contributed by atoms with E-state index in [1.54, 1.807) is 74.5 Å². The van der Waals surface area contributed by atoms with Gasteiger partial charge in [-0.25, -0.2) is 19.2 Å². The van der Waals surface area contributed by atoms with Crippen molar-refractivity contribution in [2.75, 3.05) is 101 Å². The number of aryl methyl sites for hydroxylation is 2. The van der Waals surface area contributed by atoms with Crippen LogP contribution in [0.1, 0.15) is 76.6 Å². The minimum absolute atomic E-state index is 0.0554. The lowest BCUT2D eigenvalue weighted by atomic mass is 9.78. The van der Waals surface area contributed by atoms with Crippen molar-refractivity contribution in [3.05, 3.63) is 158 Å². The number of hydrogen-bond acceptors (Lipinski definition) is 14. The first kappa shape index (κ1) is 65.9. The predicted octanol–water partition coefficient (Wildman–Crippen LogP) is 13.4. The van der Waals surface area contributed by atoms with Crippen molar-refractivity contribution in [2.45, 2.75) is 85.9 Å². The van der Waals surface area contributed by atoms with E-state index in [0.717, 1.165) is 22.3 Å². The Kier molecular flexibility index (Phi) is 27.5. The average Bonchev–Trinajstić information content (AvgIpc) is 3.45. The van der Waals surface area contributed by atoms with Crippen molar-refractivity contribution >= 4 is 47.1 Å². The van der Waals surface area contributed by atoms with Crippen LogP contribution in [-0.4, -0.2) is 116 Å². The first-order valence-electron chi connectivity index (χ1n) is 27.1. The minimum Gasteiger partial charge on any atom is -0.490 e. The van der Waals surface area contributed by atoms with Crippen LogP contribution in [0.15, 0.2) is 136 Å². The van der Waals surface area contributed by atoms with E-state index in [4.69, 9.17) is 47.4 Å². The summed E-state index contributed by atoms with van der Waals surface area (Å²) in [5, 5.41) is 11.0. The van der Waals surface area contributed by atoms with E-state index in [2.05, 4.69) is 61.4 Å². The van der Waals surface area contributed by atoms with Gasteiger partial charge in [-0.15, -0.1) is 26.3 Å². The number of rotatable bonds is 36. The molecule has 4 aromatic carbocycles. The molecule has 2 atom stereocenters. The molecule has 0 fully saturated rings. The second kappa shape index (κ2) is 33.8. The number of ether oxygens (including phenoxy) is 10. The zero-order valence-electron chi connectivity index (χ0n) is 48.5. The first-order chi connectivity index (χ1) is 38.8. The van der Waals surface area contributed by atoms with Crippen molar-refractivity contribution < 1.29 is 66.5 Å². The maximum atomic E-state index is 13.0. The first-order valence-corrected chi connectivity index (χ1v) is 27.1. The van der Waals surface area contributed by atoms with E-state index in [1.807, 2.05) is 76.2 Å². The van der Waals surface area contributed by atoms with Gasteiger partial charge in [0.25, 0.3) is 0 Å². The predicted molar refractivity (Wildman–Crippen MR) is 317 cm³/mol. The van der Waals surface area contributed by atoms with Crippen LogP contribution in [0, 0.1) is 24.7 Å². The molecule has 4 N–H and O–H groups in total. The molecule has 0 aliphatic rings. The van der Waals surface area contributed by atoms with Gasteiger partial charge in [0.05, 0.1) is 63.7 Å². The summed E-state index contributed by atoms with van der Waals surface area (Å²) in [6, 6.07) is 25.6. The van der Waals surface area contributed by atoms with Gasteiger partial charge in [-0.2, -0.15) is 0 Å². The molecule has 0 aromatic heterocycles. The third kappa shape index (κ3) is 22.4. The summed E-state index contributed by atoms with van der Waals surface area (Å²) in [6.45, 7) is 33.0. The Balaban J connectivity index is 1.21. The lowest BCUT2D eigenvalue weighted by Crippen LogP contribution is -2.38. The maximum absolute atomic E-state index is 13.0. The number of anilines is 4. The summed E-state index contributed by atoms with van der Waals surface area (Å²) >= 11 is 0. The Labute approximate surface area is 478 Å². The quantitative estimate of drug-likeness (QED) is 0.0190. The van der Waals surface area contributed by atoms with E-state index in [-0.39, 0.29) is 31.8 Å². The molecule has 0 radical (unpaired) electrons. The molecule has 4 amide bonds. The Bertz CT molecular complexity index is 2450. The zero-order valence-corrected chi connectivity index (χ0v) is 48.5. The van der Waals surface area contributed by atoms with E-state index in [1.165, 1.54) is 0 Å². The summed E-state index contributed by atoms with van der Waals surface area (Å²) in [7, 11) is 0. The normalized spacial score (nSPS) is 12.1. The van der Waals surface area contributed by atoms with E-state index in [9.17, 15) is 19.2 Å². The van der Waals surface area contributed by atoms with E-state index in [0.29, 0.717) is 99.9 Å². The molecule has 0 bridgehead atoms. The lowest BCUT2D eigenvalue weighted by molar-refractivity contribution is -0.0445. The molecule has 440 valence electrons. The third-order valence-electron chi connectivity index (χ3n) is 13.3. The fourth-order valence-corrected chi connectivity index (χ4v) is 7.95.